The summed E-state index contributed by atoms with van der Waals surface area (Å²) in [5, 5.41) is 2.35. The summed E-state index contributed by atoms with van der Waals surface area (Å²) in [5.74, 6) is -4.03. The zero-order valence-electron chi connectivity index (χ0n) is 15.7. The minimum Gasteiger partial charge on any atom is -0.369 e. The lowest BCUT2D eigenvalue weighted by Gasteiger charge is -2.18. The number of alkyl halides is 2. The molecule has 164 valence electrons. The summed E-state index contributed by atoms with van der Waals surface area (Å²) >= 11 is 31.1. The van der Waals surface area contributed by atoms with Gasteiger partial charge in [0.2, 0.25) is 5.91 Å². The third kappa shape index (κ3) is 4.00. The van der Waals surface area contributed by atoms with Crippen molar-refractivity contribution in [1.29, 1.82) is 0 Å². The minimum absolute atomic E-state index is 0.0547. The molecule has 0 aromatic heterocycles. The lowest BCUT2D eigenvalue weighted by atomic mass is 9.88. The first kappa shape index (κ1) is 24.1. The molecule has 2 aromatic carbocycles. The summed E-state index contributed by atoms with van der Waals surface area (Å²) in [6.45, 7) is 0.974. The zero-order chi connectivity index (χ0) is 23.3. The molecule has 2 aromatic rings. The Kier molecular flexibility index (Phi) is 6.53. The van der Waals surface area contributed by atoms with E-state index in [0.717, 1.165) is 6.07 Å². The SMILES string of the molecule is CC(=O)CNC(=O)c1cc(C2(C(N)=O)C(c3cc(Cl)cc(Cl)c3)C2(Cl)Cl)cc(F)c1Cl. The van der Waals surface area contributed by atoms with Gasteiger partial charge in [-0.25, -0.2) is 4.39 Å². The first-order chi connectivity index (χ1) is 14.3. The third-order valence-electron chi connectivity index (χ3n) is 5.07. The quantitative estimate of drug-likeness (QED) is 0.530. The van der Waals surface area contributed by atoms with E-state index in [1.807, 2.05) is 0 Å². The highest BCUT2D eigenvalue weighted by Gasteiger charge is 2.81. The maximum absolute atomic E-state index is 14.7. The second-order valence-corrected chi connectivity index (χ2v) is 9.77. The molecular formula is C20H14Cl5FN2O3. The van der Waals surface area contributed by atoms with E-state index < -0.39 is 38.3 Å². The molecule has 1 aliphatic rings. The van der Waals surface area contributed by atoms with Crippen LogP contribution in [-0.4, -0.2) is 28.5 Å². The Morgan fingerprint density at radius 2 is 1.65 bits per heavy atom. The second kappa shape index (κ2) is 8.41. The van der Waals surface area contributed by atoms with Crippen LogP contribution >= 0.6 is 58.0 Å². The zero-order valence-corrected chi connectivity index (χ0v) is 19.5. The number of nitrogens with two attached hydrogens (primary N) is 1. The molecule has 11 heteroatoms. The Hall–Kier alpha value is -1.57. The smallest absolute Gasteiger partial charge is 0.253 e. The van der Waals surface area contributed by atoms with Gasteiger partial charge in [0, 0.05) is 16.0 Å². The van der Waals surface area contributed by atoms with Gasteiger partial charge in [-0.15, -0.1) is 0 Å². The standard InChI is InChI=1S/C20H14Cl5FN2O3/c1-8(29)7-28-17(30)13-4-10(5-14(26)15(13)23)19(18(27)31)16(20(19,24)25)9-2-11(21)6-12(22)3-9/h2-6,16H,7H2,1H3,(H2,27,31)(H,28,30). The average Bonchev–Trinajstić information content (AvgIpc) is 3.18. The number of primary amides is 1. The number of hydrogen-bond donors (Lipinski definition) is 2. The van der Waals surface area contributed by atoms with Gasteiger partial charge in [0.15, 0.2) is 0 Å². The minimum atomic E-state index is -1.80. The van der Waals surface area contributed by atoms with E-state index in [1.165, 1.54) is 31.2 Å². The molecule has 31 heavy (non-hydrogen) atoms. The number of nitrogens with one attached hydrogen (secondary N) is 1. The second-order valence-electron chi connectivity index (χ2n) is 7.14. The van der Waals surface area contributed by atoms with Crippen LogP contribution in [0.15, 0.2) is 30.3 Å². The van der Waals surface area contributed by atoms with Gasteiger partial charge < -0.3 is 11.1 Å². The van der Waals surface area contributed by atoms with Gasteiger partial charge in [-0.3, -0.25) is 14.4 Å². The van der Waals surface area contributed by atoms with Gasteiger partial charge in [0.05, 0.1) is 17.1 Å². The molecule has 0 bridgehead atoms. The maximum Gasteiger partial charge on any atom is 0.253 e. The largest absolute Gasteiger partial charge is 0.369 e. The number of ketones is 1. The van der Waals surface area contributed by atoms with Gasteiger partial charge in [-0.1, -0.05) is 58.0 Å². The first-order valence-electron chi connectivity index (χ1n) is 8.74. The van der Waals surface area contributed by atoms with Gasteiger partial charge >= 0.3 is 0 Å². The Labute approximate surface area is 201 Å². The van der Waals surface area contributed by atoms with Gasteiger partial charge in [-0.05, 0) is 48.4 Å². The summed E-state index contributed by atoms with van der Waals surface area (Å²) in [7, 11) is 0. The molecule has 5 nitrogen and oxygen atoms in total. The van der Waals surface area contributed by atoms with Gasteiger partial charge in [0.25, 0.3) is 5.91 Å². The number of carbonyl (C=O) groups is 3. The average molecular weight is 527 g/mol. The molecule has 2 unspecified atom stereocenters. The fourth-order valence-corrected chi connectivity index (χ4v) is 5.53. The first-order valence-corrected chi connectivity index (χ1v) is 10.6. The maximum atomic E-state index is 14.7. The summed E-state index contributed by atoms with van der Waals surface area (Å²) in [5.41, 5.74) is 3.92. The molecule has 1 aliphatic carbocycles. The number of halogens is 6. The molecular weight excluding hydrogens is 512 g/mol. The molecule has 0 saturated heterocycles. The lowest BCUT2D eigenvalue weighted by Crippen LogP contribution is -2.35. The predicted octanol–water partition coefficient (Wildman–Crippen LogP) is 4.80. The van der Waals surface area contributed by atoms with E-state index in [1.54, 1.807) is 0 Å². The monoisotopic (exact) mass is 524 g/mol. The number of hydrogen-bond acceptors (Lipinski definition) is 3. The van der Waals surface area contributed by atoms with Crippen LogP contribution in [0.3, 0.4) is 0 Å². The third-order valence-corrected chi connectivity index (χ3v) is 6.92. The molecule has 2 amide bonds. The molecule has 3 rings (SSSR count). The van der Waals surface area contributed by atoms with Crippen molar-refractivity contribution in [1.82, 2.24) is 5.32 Å². The van der Waals surface area contributed by atoms with Crippen molar-refractivity contribution in [2.45, 2.75) is 22.6 Å². The summed E-state index contributed by atoms with van der Waals surface area (Å²) in [6.07, 6.45) is 0. The summed E-state index contributed by atoms with van der Waals surface area (Å²) < 4.78 is 12.9. The van der Waals surface area contributed by atoms with Gasteiger partial charge in [-0.2, -0.15) is 0 Å². The van der Waals surface area contributed by atoms with Crippen LogP contribution in [0.4, 0.5) is 4.39 Å². The highest BCUT2D eigenvalue weighted by atomic mass is 35.5. The van der Waals surface area contributed by atoms with Gasteiger partial charge in [0.1, 0.15) is 21.3 Å². The fourth-order valence-electron chi connectivity index (χ4n) is 3.70. The van der Waals surface area contributed by atoms with Crippen LogP contribution in [-0.2, 0) is 15.0 Å². The summed E-state index contributed by atoms with van der Waals surface area (Å²) in [6, 6.07) is 6.62. The Bertz CT molecular complexity index is 1100. The van der Waals surface area contributed by atoms with Crippen molar-refractivity contribution in [2.24, 2.45) is 5.73 Å². The normalized spacial score (nSPS) is 21.5. The van der Waals surface area contributed by atoms with Crippen LogP contribution in [0.5, 0.6) is 0 Å². The van der Waals surface area contributed by atoms with Crippen LogP contribution in [0.1, 0.15) is 34.3 Å². The topological polar surface area (TPSA) is 89.3 Å². The predicted molar refractivity (Wildman–Crippen MR) is 119 cm³/mol. The van der Waals surface area contributed by atoms with Crippen molar-refractivity contribution in [2.75, 3.05) is 6.54 Å². The molecule has 0 aliphatic heterocycles. The van der Waals surface area contributed by atoms with Crippen LogP contribution in [0.2, 0.25) is 15.1 Å². The number of benzene rings is 2. The van der Waals surface area contributed by atoms with E-state index >= 15 is 0 Å². The fraction of sp³-hybridized carbons (Fsp3) is 0.250. The molecule has 2 atom stereocenters. The van der Waals surface area contributed by atoms with Crippen molar-refractivity contribution >= 4 is 75.6 Å². The van der Waals surface area contributed by atoms with E-state index in [4.69, 9.17) is 63.7 Å². The molecule has 0 heterocycles. The number of rotatable bonds is 6. The van der Waals surface area contributed by atoms with E-state index in [-0.39, 0.29) is 33.5 Å². The highest BCUT2D eigenvalue weighted by molar-refractivity contribution is 6.55. The molecule has 1 saturated carbocycles. The Balaban J connectivity index is 2.17. The Morgan fingerprint density at radius 1 is 1.06 bits per heavy atom. The van der Waals surface area contributed by atoms with E-state index in [2.05, 4.69) is 5.32 Å². The highest BCUT2D eigenvalue weighted by Crippen LogP contribution is 2.74. The van der Waals surface area contributed by atoms with Crippen molar-refractivity contribution in [3.63, 3.8) is 0 Å². The van der Waals surface area contributed by atoms with Crippen molar-refractivity contribution in [3.8, 4) is 0 Å². The summed E-state index contributed by atoms with van der Waals surface area (Å²) in [4.78, 5) is 36.3. The molecule has 3 N–H and O–H groups in total. The number of carbonyl (C=O) groups excluding carboxylic acids is 3. The Morgan fingerprint density at radius 3 is 2.16 bits per heavy atom. The van der Waals surface area contributed by atoms with Crippen LogP contribution < -0.4 is 11.1 Å². The van der Waals surface area contributed by atoms with Crippen LogP contribution in [0.25, 0.3) is 0 Å². The van der Waals surface area contributed by atoms with Crippen molar-refractivity contribution < 1.29 is 18.8 Å². The molecule has 0 spiro atoms. The van der Waals surface area contributed by atoms with Crippen molar-refractivity contribution in [3.05, 3.63) is 67.9 Å². The van der Waals surface area contributed by atoms with E-state index in [0.29, 0.717) is 5.56 Å². The van der Waals surface area contributed by atoms with E-state index in [9.17, 15) is 18.8 Å². The molecule has 1 fully saturated rings. The number of Topliss-reactive ketones (excluding diaryl/α,β-unsaturated/α-hetero) is 1. The number of amides is 2. The molecule has 0 radical (unpaired) electrons. The lowest BCUT2D eigenvalue weighted by molar-refractivity contribution is -0.120. The van der Waals surface area contributed by atoms with Crippen LogP contribution in [0, 0.1) is 5.82 Å².